The zero-order chi connectivity index (χ0) is 12.9. The SMILES string of the molecule is CC(O)(CCCC(F)(F)F)Cc1ccncc1. The monoisotopic (exact) mass is 247 g/mol. The van der Waals surface area contributed by atoms with E-state index < -0.39 is 18.2 Å². The van der Waals surface area contributed by atoms with Gasteiger partial charge in [-0.05, 0) is 37.5 Å². The van der Waals surface area contributed by atoms with Crippen molar-refractivity contribution in [1.82, 2.24) is 4.98 Å². The molecule has 0 aliphatic rings. The first-order valence-corrected chi connectivity index (χ1v) is 5.47. The lowest BCUT2D eigenvalue weighted by atomic mass is 9.91. The highest BCUT2D eigenvalue weighted by molar-refractivity contribution is 5.12. The first-order chi connectivity index (χ1) is 7.79. The molecule has 0 aliphatic carbocycles. The molecule has 0 saturated carbocycles. The topological polar surface area (TPSA) is 33.1 Å². The second-order valence-corrected chi connectivity index (χ2v) is 4.50. The van der Waals surface area contributed by atoms with E-state index in [9.17, 15) is 18.3 Å². The van der Waals surface area contributed by atoms with Crippen LogP contribution in [0, 0.1) is 0 Å². The van der Waals surface area contributed by atoms with Crippen LogP contribution in [0.1, 0.15) is 31.7 Å². The molecule has 0 fully saturated rings. The Balaban J connectivity index is 2.41. The molecule has 1 heterocycles. The molecule has 0 saturated heterocycles. The molecule has 0 bridgehead atoms. The first kappa shape index (κ1) is 14.0. The van der Waals surface area contributed by atoms with E-state index in [-0.39, 0.29) is 12.8 Å². The zero-order valence-corrected chi connectivity index (χ0v) is 9.67. The van der Waals surface area contributed by atoms with Crippen LogP contribution in [0.15, 0.2) is 24.5 Å². The standard InChI is InChI=1S/C12H16F3NO/c1-11(17,5-2-6-12(13,14)15)9-10-3-7-16-8-4-10/h3-4,7-8,17H,2,5-6,9H2,1H3. The Bertz CT molecular complexity index is 335. The van der Waals surface area contributed by atoms with Gasteiger partial charge in [-0.2, -0.15) is 13.2 Å². The smallest absolute Gasteiger partial charge is 0.389 e. The summed E-state index contributed by atoms with van der Waals surface area (Å²) in [4.78, 5) is 3.84. The minimum Gasteiger partial charge on any atom is -0.390 e. The van der Waals surface area contributed by atoms with E-state index in [2.05, 4.69) is 4.98 Å². The van der Waals surface area contributed by atoms with Crippen LogP contribution in [0.2, 0.25) is 0 Å². The Morgan fingerprint density at radius 2 is 1.76 bits per heavy atom. The zero-order valence-electron chi connectivity index (χ0n) is 9.67. The molecule has 1 atom stereocenters. The summed E-state index contributed by atoms with van der Waals surface area (Å²) in [5, 5.41) is 9.98. The highest BCUT2D eigenvalue weighted by Crippen LogP contribution is 2.26. The van der Waals surface area contributed by atoms with Crippen molar-refractivity contribution in [2.45, 2.75) is 44.4 Å². The summed E-state index contributed by atoms with van der Waals surface area (Å²) < 4.78 is 35.9. The van der Waals surface area contributed by atoms with Gasteiger partial charge in [-0.15, -0.1) is 0 Å². The molecule has 1 N–H and O–H groups in total. The third kappa shape index (κ3) is 6.26. The van der Waals surface area contributed by atoms with Crippen molar-refractivity contribution in [1.29, 1.82) is 0 Å². The van der Waals surface area contributed by atoms with Crippen molar-refractivity contribution in [3.63, 3.8) is 0 Å². The summed E-state index contributed by atoms with van der Waals surface area (Å²) in [6.45, 7) is 1.56. The molecule has 96 valence electrons. The fourth-order valence-corrected chi connectivity index (χ4v) is 1.70. The Morgan fingerprint density at radius 1 is 1.18 bits per heavy atom. The van der Waals surface area contributed by atoms with E-state index in [4.69, 9.17) is 0 Å². The van der Waals surface area contributed by atoms with Gasteiger partial charge in [0.05, 0.1) is 5.60 Å². The molecule has 0 spiro atoms. The number of aromatic nitrogens is 1. The molecule has 1 unspecified atom stereocenters. The fraction of sp³-hybridized carbons (Fsp3) is 0.583. The fourth-order valence-electron chi connectivity index (χ4n) is 1.70. The predicted octanol–water partition coefficient (Wildman–Crippen LogP) is 3.11. The van der Waals surface area contributed by atoms with Gasteiger partial charge in [0.1, 0.15) is 0 Å². The van der Waals surface area contributed by atoms with Crippen LogP contribution in [-0.2, 0) is 6.42 Å². The minimum atomic E-state index is -4.15. The van der Waals surface area contributed by atoms with Crippen LogP contribution in [-0.4, -0.2) is 21.9 Å². The lowest BCUT2D eigenvalue weighted by Gasteiger charge is -2.23. The van der Waals surface area contributed by atoms with E-state index in [1.165, 1.54) is 0 Å². The molecule has 2 nitrogen and oxygen atoms in total. The maximum absolute atomic E-state index is 12.0. The molecule has 1 aromatic heterocycles. The lowest BCUT2D eigenvalue weighted by Crippen LogP contribution is -2.27. The van der Waals surface area contributed by atoms with E-state index in [1.807, 2.05) is 0 Å². The number of alkyl halides is 3. The second-order valence-electron chi connectivity index (χ2n) is 4.50. The average molecular weight is 247 g/mol. The molecule has 0 amide bonds. The number of hydrogen-bond donors (Lipinski definition) is 1. The summed E-state index contributed by atoms with van der Waals surface area (Å²) in [6, 6.07) is 3.50. The van der Waals surface area contributed by atoms with Gasteiger partial charge in [0, 0.05) is 25.2 Å². The van der Waals surface area contributed by atoms with Gasteiger partial charge < -0.3 is 5.11 Å². The molecular formula is C12H16F3NO. The molecular weight excluding hydrogens is 231 g/mol. The van der Waals surface area contributed by atoms with E-state index >= 15 is 0 Å². The van der Waals surface area contributed by atoms with Crippen molar-refractivity contribution in [2.24, 2.45) is 0 Å². The van der Waals surface area contributed by atoms with Crippen LogP contribution in [0.4, 0.5) is 13.2 Å². The second kappa shape index (κ2) is 5.49. The van der Waals surface area contributed by atoms with Gasteiger partial charge in [-0.3, -0.25) is 4.98 Å². The highest BCUT2D eigenvalue weighted by atomic mass is 19.4. The van der Waals surface area contributed by atoms with E-state index in [1.54, 1.807) is 31.5 Å². The van der Waals surface area contributed by atoms with Crippen LogP contribution in [0.5, 0.6) is 0 Å². The van der Waals surface area contributed by atoms with Gasteiger partial charge >= 0.3 is 6.18 Å². The number of halogens is 3. The van der Waals surface area contributed by atoms with Gasteiger partial charge in [0.15, 0.2) is 0 Å². The number of nitrogens with zero attached hydrogens (tertiary/aromatic N) is 1. The van der Waals surface area contributed by atoms with Gasteiger partial charge in [0.25, 0.3) is 0 Å². The number of hydrogen-bond acceptors (Lipinski definition) is 2. The van der Waals surface area contributed by atoms with Crippen LogP contribution in [0.3, 0.4) is 0 Å². The lowest BCUT2D eigenvalue weighted by molar-refractivity contribution is -0.137. The Labute approximate surface area is 98.5 Å². The van der Waals surface area contributed by atoms with Crippen LogP contribution < -0.4 is 0 Å². The minimum absolute atomic E-state index is 0.0540. The van der Waals surface area contributed by atoms with Gasteiger partial charge in [-0.1, -0.05) is 0 Å². The molecule has 0 radical (unpaired) electrons. The third-order valence-corrected chi connectivity index (χ3v) is 2.51. The van der Waals surface area contributed by atoms with Crippen molar-refractivity contribution < 1.29 is 18.3 Å². The van der Waals surface area contributed by atoms with Crippen LogP contribution >= 0.6 is 0 Å². The molecule has 5 heteroatoms. The molecule has 1 rings (SSSR count). The normalized spacial score (nSPS) is 15.6. The van der Waals surface area contributed by atoms with Crippen molar-refractivity contribution in [3.8, 4) is 0 Å². The average Bonchev–Trinajstić information content (AvgIpc) is 2.15. The van der Waals surface area contributed by atoms with Gasteiger partial charge in [-0.25, -0.2) is 0 Å². The summed E-state index contributed by atoms with van der Waals surface area (Å²) >= 11 is 0. The summed E-state index contributed by atoms with van der Waals surface area (Å²) in [6.07, 6.45) is -1.38. The van der Waals surface area contributed by atoms with Gasteiger partial charge in [0.2, 0.25) is 0 Å². The first-order valence-electron chi connectivity index (χ1n) is 5.47. The summed E-state index contributed by atoms with van der Waals surface area (Å²) in [5.74, 6) is 0. The van der Waals surface area contributed by atoms with Crippen molar-refractivity contribution in [2.75, 3.05) is 0 Å². The highest BCUT2D eigenvalue weighted by Gasteiger charge is 2.29. The Kier molecular flexibility index (Phi) is 4.51. The van der Waals surface area contributed by atoms with Crippen LogP contribution in [0.25, 0.3) is 0 Å². The Morgan fingerprint density at radius 3 is 2.29 bits per heavy atom. The maximum atomic E-state index is 12.0. The number of rotatable bonds is 5. The van der Waals surface area contributed by atoms with E-state index in [0.717, 1.165) is 5.56 Å². The third-order valence-electron chi connectivity index (χ3n) is 2.51. The summed E-state index contributed by atoms with van der Waals surface area (Å²) in [7, 11) is 0. The number of aliphatic hydroxyl groups is 1. The van der Waals surface area contributed by atoms with Crippen molar-refractivity contribution >= 4 is 0 Å². The largest absolute Gasteiger partial charge is 0.390 e. The molecule has 0 aromatic carbocycles. The maximum Gasteiger partial charge on any atom is 0.389 e. The van der Waals surface area contributed by atoms with E-state index in [0.29, 0.717) is 6.42 Å². The number of pyridine rings is 1. The molecule has 17 heavy (non-hydrogen) atoms. The quantitative estimate of drug-likeness (QED) is 0.867. The summed E-state index contributed by atoms with van der Waals surface area (Å²) in [5.41, 5.74) is -0.232. The molecule has 1 aromatic rings. The molecule has 0 aliphatic heterocycles. The van der Waals surface area contributed by atoms with Crippen molar-refractivity contribution in [3.05, 3.63) is 30.1 Å². The Hall–Kier alpha value is -1.10. The predicted molar refractivity (Wildman–Crippen MR) is 58.5 cm³/mol.